The lowest BCUT2D eigenvalue weighted by molar-refractivity contribution is -0.146. The van der Waals surface area contributed by atoms with Crippen LogP contribution in [0.25, 0.3) is 0 Å². The zero-order chi connectivity index (χ0) is 12.3. The van der Waals surface area contributed by atoms with E-state index in [1.807, 2.05) is 0 Å². The van der Waals surface area contributed by atoms with Crippen LogP contribution in [0.4, 0.5) is 4.39 Å². The molecule has 1 aliphatic heterocycles. The fourth-order valence-electron chi connectivity index (χ4n) is 2.41. The monoisotopic (exact) mass is 237 g/mol. The van der Waals surface area contributed by atoms with Crippen LogP contribution in [0.5, 0.6) is 0 Å². The first-order valence-electron chi connectivity index (χ1n) is 5.77. The molecule has 0 aliphatic carbocycles. The van der Waals surface area contributed by atoms with Crippen molar-refractivity contribution >= 4 is 5.97 Å². The minimum absolute atomic E-state index is 0.0927. The first-order valence-corrected chi connectivity index (χ1v) is 5.77. The molecule has 0 saturated carbocycles. The van der Waals surface area contributed by atoms with Crippen LogP contribution in [-0.4, -0.2) is 26.2 Å². The predicted octanol–water partition coefficient (Wildman–Crippen LogP) is 1.69. The van der Waals surface area contributed by atoms with E-state index in [2.05, 4.69) is 5.32 Å². The maximum absolute atomic E-state index is 13.7. The summed E-state index contributed by atoms with van der Waals surface area (Å²) in [4.78, 5) is 11.7. The molecule has 1 aromatic carbocycles. The Bertz CT molecular complexity index is 408. The Labute approximate surface area is 100.0 Å². The zero-order valence-electron chi connectivity index (χ0n) is 9.78. The number of carbonyl (C=O) groups excluding carboxylic acids is 1. The number of hydrogen-bond donors (Lipinski definition) is 1. The number of hydrogen-bond acceptors (Lipinski definition) is 3. The molecule has 1 heterocycles. The van der Waals surface area contributed by atoms with Crippen molar-refractivity contribution in [2.24, 2.45) is 5.92 Å². The summed E-state index contributed by atoms with van der Waals surface area (Å²) in [7, 11) is 1.37. The van der Waals surface area contributed by atoms with Gasteiger partial charge in [-0.05, 0) is 24.6 Å². The summed E-state index contributed by atoms with van der Waals surface area (Å²) in [6, 6.07) is 6.65. The van der Waals surface area contributed by atoms with Gasteiger partial charge in [0.2, 0.25) is 0 Å². The van der Waals surface area contributed by atoms with Crippen LogP contribution in [0.2, 0.25) is 0 Å². The number of piperidine rings is 1. The molecule has 4 heteroatoms. The van der Waals surface area contributed by atoms with Gasteiger partial charge >= 0.3 is 5.97 Å². The fraction of sp³-hybridized carbons (Fsp3) is 0.462. The van der Waals surface area contributed by atoms with Crippen LogP contribution in [-0.2, 0) is 9.53 Å². The number of nitrogens with one attached hydrogen (secondary N) is 1. The van der Waals surface area contributed by atoms with Crippen molar-refractivity contribution in [2.75, 3.05) is 20.2 Å². The van der Waals surface area contributed by atoms with E-state index in [9.17, 15) is 9.18 Å². The largest absolute Gasteiger partial charge is 0.469 e. The summed E-state index contributed by atoms with van der Waals surface area (Å²) in [6.45, 7) is 1.35. The topological polar surface area (TPSA) is 38.3 Å². The Morgan fingerprint density at radius 2 is 2.24 bits per heavy atom. The molecule has 1 fully saturated rings. The highest BCUT2D eigenvalue weighted by atomic mass is 19.1. The molecule has 0 radical (unpaired) electrons. The Balaban J connectivity index is 2.28. The van der Waals surface area contributed by atoms with Gasteiger partial charge in [-0.2, -0.15) is 0 Å². The van der Waals surface area contributed by atoms with E-state index in [0.29, 0.717) is 12.1 Å². The van der Waals surface area contributed by atoms with Crippen molar-refractivity contribution in [3.8, 4) is 0 Å². The van der Waals surface area contributed by atoms with Crippen LogP contribution in [0, 0.1) is 11.7 Å². The lowest BCUT2D eigenvalue weighted by Gasteiger charge is -2.30. The molecule has 92 valence electrons. The van der Waals surface area contributed by atoms with E-state index in [0.717, 1.165) is 13.0 Å². The first kappa shape index (κ1) is 12.0. The van der Waals surface area contributed by atoms with Gasteiger partial charge in [-0.25, -0.2) is 4.39 Å². The molecule has 3 nitrogen and oxygen atoms in total. The van der Waals surface area contributed by atoms with Gasteiger partial charge in [0.25, 0.3) is 0 Å². The van der Waals surface area contributed by atoms with Gasteiger partial charge < -0.3 is 10.1 Å². The van der Waals surface area contributed by atoms with Gasteiger partial charge in [0.05, 0.1) is 13.0 Å². The molecule has 2 rings (SSSR count). The zero-order valence-corrected chi connectivity index (χ0v) is 9.78. The summed E-state index contributed by atoms with van der Waals surface area (Å²) in [6.07, 6.45) is 0.751. The highest BCUT2D eigenvalue weighted by molar-refractivity contribution is 5.74. The Morgan fingerprint density at radius 1 is 1.47 bits per heavy atom. The van der Waals surface area contributed by atoms with Gasteiger partial charge in [0, 0.05) is 12.5 Å². The van der Waals surface area contributed by atoms with E-state index in [-0.39, 0.29) is 23.6 Å². The van der Waals surface area contributed by atoms with Gasteiger partial charge in [-0.1, -0.05) is 18.2 Å². The maximum Gasteiger partial charge on any atom is 0.310 e. The third kappa shape index (κ3) is 2.47. The van der Waals surface area contributed by atoms with Crippen molar-refractivity contribution < 1.29 is 13.9 Å². The second-order valence-corrected chi connectivity index (χ2v) is 4.25. The molecule has 0 amide bonds. The van der Waals surface area contributed by atoms with Crippen LogP contribution in [0.1, 0.15) is 17.9 Å². The van der Waals surface area contributed by atoms with Crippen molar-refractivity contribution in [1.29, 1.82) is 0 Å². The third-order valence-corrected chi connectivity index (χ3v) is 3.29. The molecule has 0 bridgehead atoms. The maximum atomic E-state index is 13.7. The number of halogens is 1. The third-order valence-electron chi connectivity index (χ3n) is 3.29. The summed E-state index contributed by atoms with van der Waals surface area (Å²) >= 11 is 0. The van der Waals surface area contributed by atoms with Gasteiger partial charge in [0.15, 0.2) is 0 Å². The molecule has 1 aromatic rings. The summed E-state index contributed by atoms with van der Waals surface area (Å²) in [5, 5.41) is 3.15. The fourth-order valence-corrected chi connectivity index (χ4v) is 2.41. The quantitative estimate of drug-likeness (QED) is 0.795. The smallest absolute Gasteiger partial charge is 0.310 e. The Morgan fingerprint density at radius 3 is 2.94 bits per heavy atom. The highest BCUT2D eigenvalue weighted by Crippen LogP contribution is 2.32. The van der Waals surface area contributed by atoms with Gasteiger partial charge in [-0.3, -0.25) is 4.79 Å². The van der Waals surface area contributed by atoms with E-state index >= 15 is 0 Å². The molecule has 0 aromatic heterocycles. The molecule has 0 spiro atoms. The number of methoxy groups -OCH3 is 1. The number of esters is 1. The molecule has 1 N–H and O–H groups in total. The molecule has 0 unspecified atom stereocenters. The van der Waals surface area contributed by atoms with E-state index in [1.54, 1.807) is 18.2 Å². The van der Waals surface area contributed by atoms with Crippen LogP contribution >= 0.6 is 0 Å². The minimum atomic E-state index is -0.300. The number of ether oxygens (including phenoxy) is 1. The minimum Gasteiger partial charge on any atom is -0.469 e. The van der Waals surface area contributed by atoms with Crippen LogP contribution < -0.4 is 5.32 Å². The van der Waals surface area contributed by atoms with Crippen LogP contribution in [0.15, 0.2) is 24.3 Å². The van der Waals surface area contributed by atoms with Crippen molar-refractivity contribution in [2.45, 2.75) is 12.3 Å². The standard InChI is InChI=1S/C13H16FNO2/c1-17-13(16)11-8-15-7-6-9(11)10-4-2-3-5-12(10)14/h2-5,9,11,15H,6-8H2,1H3/t9-,11+/m1/s1. The van der Waals surface area contributed by atoms with Crippen molar-refractivity contribution in [3.63, 3.8) is 0 Å². The van der Waals surface area contributed by atoms with Gasteiger partial charge in [-0.15, -0.1) is 0 Å². The van der Waals surface area contributed by atoms with Gasteiger partial charge in [0.1, 0.15) is 5.82 Å². The predicted molar refractivity (Wildman–Crippen MR) is 62.1 cm³/mol. The second kappa shape index (κ2) is 5.27. The average molecular weight is 237 g/mol. The lowest BCUT2D eigenvalue weighted by Crippen LogP contribution is -2.40. The van der Waals surface area contributed by atoms with Crippen molar-refractivity contribution in [1.82, 2.24) is 5.32 Å². The number of benzene rings is 1. The first-order chi connectivity index (χ1) is 8.24. The SMILES string of the molecule is COC(=O)[C@H]1CNCC[C@@H]1c1ccccc1F. The summed E-state index contributed by atoms with van der Waals surface area (Å²) < 4.78 is 18.5. The van der Waals surface area contributed by atoms with E-state index in [4.69, 9.17) is 4.74 Å². The van der Waals surface area contributed by atoms with Crippen LogP contribution in [0.3, 0.4) is 0 Å². The molecular formula is C13H16FNO2. The van der Waals surface area contributed by atoms with E-state index in [1.165, 1.54) is 13.2 Å². The molecule has 1 aliphatic rings. The number of rotatable bonds is 2. The Hall–Kier alpha value is -1.42. The lowest BCUT2D eigenvalue weighted by atomic mass is 9.81. The van der Waals surface area contributed by atoms with Crippen molar-refractivity contribution in [3.05, 3.63) is 35.6 Å². The normalized spacial score (nSPS) is 24.4. The van der Waals surface area contributed by atoms with E-state index < -0.39 is 0 Å². The highest BCUT2D eigenvalue weighted by Gasteiger charge is 2.33. The molecule has 1 saturated heterocycles. The second-order valence-electron chi connectivity index (χ2n) is 4.25. The molecule has 2 atom stereocenters. The molecule has 17 heavy (non-hydrogen) atoms. The molecular weight excluding hydrogens is 221 g/mol. The average Bonchev–Trinajstić information content (AvgIpc) is 2.38. The summed E-state index contributed by atoms with van der Waals surface area (Å²) in [5.41, 5.74) is 0.615. The summed E-state index contributed by atoms with van der Waals surface area (Å²) in [5.74, 6) is -0.908. The number of carbonyl (C=O) groups is 1. The Kier molecular flexibility index (Phi) is 3.74.